The Balaban J connectivity index is 2.54. The summed E-state index contributed by atoms with van der Waals surface area (Å²) in [5.41, 5.74) is 1.33. The summed E-state index contributed by atoms with van der Waals surface area (Å²) in [6.45, 7) is 0. The van der Waals surface area contributed by atoms with Gasteiger partial charge in [-0.1, -0.05) is 12.1 Å². The lowest BCUT2D eigenvalue weighted by Gasteiger charge is -2.10. The fraction of sp³-hybridized carbons (Fsp3) is 0.154. The zero-order valence-corrected chi connectivity index (χ0v) is 10.8. The number of anilines is 1. The molecular formula is C13H11NO3S. The zero-order chi connectivity index (χ0) is 13.1. The van der Waals surface area contributed by atoms with E-state index in [0.29, 0.717) is 10.9 Å². The minimum atomic E-state index is -3.30. The van der Waals surface area contributed by atoms with Crippen molar-refractivity contribution in [1.82, 2.24) is 0 Å². The van der Waals surface area contributed by atoms with Crippen molar-refractivity contribution in [2.45, 2.75) is 4.90 Å². The Kier molecular flexibility index (Phi) is 2.07. The normalized spacial score (nSPS) is 14.6. The lowest BCUT2D eigenvalue weighted by atomic mass is 10.1. The Labute approximate surface area is 105 Å². The van der Waals surface area contributed by atoms with E-state index >= 15 is 0 Å². The molecule has 4 nitrogen and oxygen atoms in total. The van der Waals surface area contributed by atoms with Gasteiger partial charge in [-0.2, -0.15) is 0 Å². The van der Waals surface area contributed by atoms with Gasteiger partial charge in [0.1, 0.15) is 0 Å². The van der Waals surface area contributed by atoms with Crippen molar-refractivity contribution in [3.8, 4) is 0 Å². The largest absolute Gasteiger partial charge is 0.311 e. The fourth-order valence-corrected chi connectivity index (χ4v) is 3.32. The lowest BCUT2D eigenvalue weighted by Crippen LogP contribution is -2.20. The first kappa shape index (κ1) is 11.2. The number of hydrogen-bond acceptors (Lipinski definition) is 3. The molecule has 2 aromatic rings. The SMILES string of the molecule is CN1C(=O)c2cccc3c(S(C)(=O)=O)ccc1c23. The van der Waals surface area contributed by atoms with Crippen molar-refractivity contribution in [2.24, 2.45) is 0 Å². The van der Waals surface area contributed by atoms with Crippen LogP contribution in [0, 0.1) is 0 Å². The molecule has 0 fully saturated rings. The molecule has 0 spiro atoms. The second kappa shape index (κ2) is 3.32. The molecule has 1 aliphatic heterocycles. The van der Waals surface area contributed by atoms with Crippen LogP contribution in [-0.2, 0) is 9.84 Å². The van der Waals surface area contributed by atoms with Crippen molar-refractivity contribution in [3.05, 3.63) is 35.9 Å². The molecular weight excluding hydrogens is 250 g/mol. The molecule has 2 aromatic carbocycles. The number of amides is 1. The van der Waals surface area contributed by atoms with Gasteiger partial charge in [-0.05, 0) is 18.2 Å². The molecule has 0 bridgehead atoms. The Morgan fingerprint density at radius 1 is 1.11 bits per heavy atom. The number of carbonyl (C=O) groups excluding carboxylic acids is 1. The highest BCUT2D eigenvalue weighted by atomic mass is 32.2. The van der Waals surface area contributed by atoms with Crippen LogP contribution in [0.5, 0.6) is 0 Å². The molecule has 92 valence electrons. The molecule has 0 saturated carbocycles. The maximum Gasteiger partial charge on any atom is 0.258 e. The number of benzene rings is 2. The van der Waals surface area contributed by atoms with Crippen LogP contribution in [0.3, 0.4) is 0 Å². The molecule has 0 aromatic heterocycles. The van der Waals surface area contributed by atoms with E-state index in [1.807, 2.05) is 0 Å². The van der Waals surface area contributed by atoms with Gasteiger partial charge in [0.25, 0.3) is 5.91 Å². The Bertz CT molecular complexity index is 793. The molecule has 0 unspecified atom stereocenters. The third kappa shape index (κ3) is 1.31. The van der Waals surface area contributed by atoms with Crippen LogP contribution >= 0.6 is 0 Å². The van der Waals surface area contributed by atoms with E-state index in [0.717, 1.165) is 11.1 Å². The summed E-state index contributed by atoms with van der Waals surface area (Å²) in [7, 11) is -1.61. The van der Waals surface area contributed by atoms with Gasteiger partial charge in [0, 0.05) is 29.6 Å². The number of sulfone groups is 1. The maximum atomic E-state index is 12.0. The van der Waals surface area contributed by atoms with Crippen LogP contribution in [-0.4, -0.2) is 27.6 Å². The third-order valence-electron chi connectivity index (χ3n) is 3.27. The van der Waals surface area contributed by atoms with Crippen LogP contribution in [0.4, 0.5) is 5.69 Å². The Hall–Kier alpha value is -1.88. The summed E-state index contributed by atoms with van der Waals surface area (Å²) < 4.78 is 23.5. The molecule has 0 N–H and O–H groups in total. The fourth-order valence-electron chi connectivity index (χ4n) is 2.43. The van der Waals surface area contributed by atoms with Crippen molar-refractivity contribution < 1.29 is 13.2 Å². The third-order valence-corrected chi connectivity index (χ3v) is 4.43. The predicted octanol–water partition coefficient (Wildman–Crippen LogP) is 1.83. The van der Waals surface area contributed by atoms with Crippen LogP contribution in [0.15, 0.2) is 35.2 Å². The summed E-state index contributed by atoms with van der Waals surface area (Å²) >= 11 is 0. The second-order valence-corrected chi connectivity index (χ2v) is 6.43. The summed E-state index contributed by atoms with van der Waals surface area (Å²) in [6.07, 6.45) is 1.18. The van der Waals surface area contributed by atoms with Gasteiger partial charge in [0.2, 0.25) is 0 Å². The lowest BCUT2D eigenvalue weighted by molar-refractivity contribution is 0.0999. The number of carbonyl (C=O) groups is 1. The van der Waals surface area contributed by atoms with Gasteiger partial charge < -0.3 is 4.90 Å². The van der Waals surface area contributed by atoms with Crippen LogP contribution in [0.1, 0.15) is 10.4 Å². The molecule has 18 heavy (non-hydrogen) atoms. The standard InChI is InChI=1S/C13H11NO3S/c1-14-10-6-7-11(18(2,16)17)8-4-3-5-9(12(8)10)13(14)15/h3-7H,1-2H3. The van der Waals surface area contributed by atoms with Gasteiger partial charge in [0.15, 0.2) is 9.84 Å². The average molecular weight is 261 g/mol. The highest BCUT2D eigenvalue weighted by molar-refractivity contribution is 7.91. The molecule has 5 heteroatoms. The van der Waals surface area contributed by atoms with E-state index in [2.05, 4.69) is 0 Å². The summed E-state index contributed by atoms with van der Waals surface area (Å²) in [5.74, 6) is -0.0961. The molecule has 1 heterocycles. The maximum absolute atomic E-state index is 12.0. The van der Waals surface area contributed by atoms with Gasteiger partial charge in [-0.3, -0.25) is 4.79 Å². The van der Waals surface area contributed by atoms with E-state index in [9.17, 15) is 13.2 Å². The minimum Gasteiger partial charge on any atom is -0.311 e. The first-order valence-electron chi connectivity index (χ1n) is 5.45. The van der Waals surface area contributed by atoms with E-state index in [4.69, 9.17) is 0 Å². The van der Waals surface area contributed by atoms with Crippen LogP contribution in [0.25, 0.3) is 10.8 Å². The summed E-state index contributed by atoms with van der Waals surface area (Å²) in [4.78, 5) is 13.8. The quantitative estimate of drug-likeness (QED) is 0.787. The van der Waals surface area contributed by atoms with Gasteiger partial charge in [-0.15, -0.1) is 0 Å². The minimum absolute atomic E-state index is 0.0961. The molecule has 3 rings (SSSR count). The summed E-state index contributed by atoms with van der Waals surface area (Å²) in [5, 5.41) is 1.35. The highest BCUT2D eigenvalue weighted by Gasteiger charge is 2.28. The topological polar surface area (TPSA) is 54.5 Å². The van der Waals surface area contributed by atoms with E-state index < -0.39 is 9.84 Å². The van der Waals surface area contributed by atoms with Crippen LogP contribution in [0.2, 0.25) is 0 Å². The molecule has 1 aliphatic rings. The smallest absolute Gasteiger partial charge is 0.258 e. The first-order valence-corrected chi connectivity index (χ1v) is 7.34. The molecule has 1 amide bonds. The van der Waals surface area contributed by atoms with Gasteiger partial charge in [0.05, 0.1) is 10.6 Å². The van der Waals surface area contributed by atoms with E-state index in [1.54, 1.807) is 42.3 Å². The number of hydrogen-bond donors (Lipinski definition) is 0. The highest BCUT2D eigenvalue weighted by Crippen LogP contribution is 2.39. The first-order chi connectivity index (χ1) is 8.41. The molecule has 0 saturated heterocycles. The number of rotatable bonds is 1. The van der Waals surface area contributed by atoms with Gasteiger partial charge in [-0.25, -0.2) is 8.42 Å². The van der Waals surface area contributed by atoms with Crippen molar-refractivity contribution in [1.29, 1.82) is 0 Å². The van der Waals surface area contributed by atoms with Crippen molar-refractivity contribution >= 4 is 32.2 Å². The molecule has 0 radical (unpaired) electrons. The van der Waals surface area contributed by atoms with Gasteiger partial charge >= 0.3 is 0 Å². The van der Waals surface area contributed by atoms with Crippen LogP contribution < -0.4 is 4.90 Å². The monoisotopic (exact) mass is 261 g/mol. The molecule has 0 aliphatic carbocycles. The molecule has 0 atom stereocenters. The Morgan fingerprint density at radius 2 is 1.83 bits per heavy atom. The number of nitrogens with zero attached hydrogens (tertiary/aromatic N) is 1. The summed E-state index contributed by atoms with van der Waals surface area (Å²) in [6, 6.07) is 8.43. The van der Waals surface area contributed by atoms with E-state index in [-0.39, 0.29) is 10.8 Å². The zero-order valence-electron chi connectivity index (χ0n) is 9.97. The average Bonchev–Trinajstić information content (AvgIpc) is 2.56. The second-order valence-electron chi connectivity index (χ2n) is 4.45. The van der Waals surface area contributed by atoms with Crippen molar-refractivity contribution in [3.63, 3.8) is 0 Å². The Morgan fingerprint density at radius 3 is 2.50 bits per heavy atom. The van der Waals surface area contributed by atoms with E-state index in [1.165, 1.54) is 6.26 Å². The van der Waals surface area contributed by atoms with Crippen molar-refractivity contribution in [2.75, 3.05) is 18.2 Å². The predicted molar refractivity (Wildman–Crippen MR) is 69.8 cm³/mol.